The molecule has 41 heavy (non-hydrogen) atoms. The number of benzene rings is 1. The molecule has 0 spiro atoms. The first-order chi connectivity index (χ1) is 19.9. The first-order valence-corrected chi connectivity index (χ1v) is 14.0. The lowest BCUT2D eigenvalue weighted by molar-refractivity contribution is -0.132. The van der Waals surface area contributed by atoms with E-state index in [0.29, 0.717) is 43.8 Å². The van der Waals surface area contributed by atoms with E-state index in [4.69, 9.17) is 21.0 Å². The molecule has 2 aliphatic heterocycles. The number of likely N-dealkylation sites (N-methyl/N-ethyl adjacent to an activating group) is 1. The number of nitrogens with one attached hydrogen (secondary N) is 1. The zero-order valence-corrected chi connectivity index (χ0v) is 24.0. The fourth-order valence-electron chi connectivity index (χ4n) is 4.87. The highest BCUT2D eigenvalue weighted by molar-refractivity contribution is 6.16. The maximum absolute atomic E-state index is 12.7. The Kier molecular flexibility index (Phi) is 10.8. The molecule has 4 rings (SSSR count). The zero-order valence-electron chi connectivity index (χ0n) is 24.0. The Morgan fingerprint density at radius 1 is 1.15 bits per heavy atom. The molecule has 4 N–H and O–H groups in total. The standard InChI is InChI=1S/C29H41N9O3/c1-35(16-18-41-2)29(31)34-27(24-19-32-28(30)33-20-24)23-9-10-38(21-23)25-6-3-22(4-7-25)5-8-26(40)37-13-11-36(12-14-37)15-17-39/h3-4,6-7,19-21,31,39H,5,8-18H2,1-2H3,(H2,30,32,33)/b31-29?,34-27+. The van der Waals surface area contributed by atoms with E-state index in [0.717, 1.165) is 56.0 Å². The number of aliphatic hydroxyl groups excluding tert-OH is 1. The van der Waals surface area contributed by atoms with E-state index in [1.165, 1.54) is 0 Å². The predicted molar refractivity (Wildman–Crippen MR) is 160 cm³/mol. The summed E-state index contributed by atoms with van der Waals surface area (Å²) >= 11 is 0. The van der Waals surface area contributed by atoms with E-state index in [1.54, 1.807) is 24.4 Å². The monoisotopic (exact) mass is 563 g/mol. The van der Waals surface area contributed by atoms with Crippen LogP contribution in [0.3, 0.4) is 0 Å². The van der Waals surface area contributed by atoms with Crippen molar-refractivity contribution in [3.63, 3.8) is 0 Å². The van der Waals surface area contributed by atoms with Crippen molar-refractivity contribution in [2.24, 2.45) is 4.99 Å². The second kappa shape index (κ2) is 14.7. The van der Waals surface area contributed by atoms with Crippen LogP contribution in [0, 0.1) is 5.41 Å². The molecular weight excluding hydrogens is 522 g/mol. The van der Waals surface area contributed by atoms with Crippen LogP contribution in [-0.4, -0.2) is 121 Å². The lowest BCUT2D eigenvalue weighted by atomic mass is 10.0. The number of carbonyl (C=O) groups is 1. The fraction of sp³-hybridized carbons (Fsp3) is 0.483. The van der Waals surface area contributed by atoms with Crippen LogP contribution in [0.15, 0.2) is 53.4 Å². The van der Waals surface area contributed by atoms with Crippen molar-refractivity contribution in [3.05, 3.63) is 59.6 Å². The number of rotatable bonds is 11. The van der Waals surface area contributed by atoms with Crippen LogP contribution in [0.1, 0.15) is 24.0 Å². The molecule has 1 saturated heterocycles. The van der Waals surface area contributed by atoms with E-state index >= 15 is 0 Å². The summed E-state index contributed by atoms with van der Waals surface area (Å²) in [4.78, 5) is 33.6. The Morgan fingerprint density at radius 2 is 1.85 bits per heavy atom. The molecule has 12 nitrogen and oxygen atoms in total. The average molecular weight is 564 g/mol. The van der Waals surface area contributed by atoms with Gasteiger partial charge in [0.2, 0.25) is 17.8 Å². The van der Waals surface area contributed by atoms with Crippen LogP contribution in [0.5, 0.6) is 0 Å². The number of piperazine rings is 1. The van der Waals surface area contributed by atoms with Gasteiger partial charge < -0.3 is 30.3 Å². The molecule has 12 heteroatoms. The molecular formula is C29H41N9O3. The number of methoxy groups -OCH3 is 1. The minimum atomic E-state index is 0.124. The Morgan fingerprint density at radius 3 is 2.51 bits per heavy atom. The summed E-state index contributed by atoms with van der Waals surface area (Å²) in [5, 5.41) is 17.6. The first-order valence-electron chi connectivity index (χ1n) is 14.0. The highest BCUT2D eigenvalue weighted by Gasteiger charge is 2.22. The van der Waals surface area contributed by atoms with Gasteiger partial charge in [0.15, 0.2) is 0 Å². The molecule has 0 atom stereocenters. The number of guanidine groups is 1. The number of β-amino-alcohol motifs (C(OH)–C–C–N with tert-alkyl or cyclic N) is 1. The number of hydrogen-bond acceptors (Lipinski definition) is 9. The molecule has 3 heterocycles. The number of carbonyl (C=O) groups excluding carboxylic acids is 1. The quantitative estimate of drug-likeness (QED) is 0.271. The molecule has 2 aromatic rings. The first kappa shape index (κ1) is 30.1. The number of nitrogens with two attached hydrogens (primary N) is 1. The molecule has 0 aliphatic carbocycles. The van der Waals surface area contributed by atoms with Crippen LogP contribution in [0.4, 0.5) is 11.6 Å². The zero-order chi connectivity index (χ0) is 29.2. The van der Waals surface area contributed by atoms with Crippen LogP contribution >= 0.6 is 0 Å². The Labute approximate surface area is 241 Å². The van der Waals surface area contributed by atoms with Gasteiger partial charge in [0.05, 0.1) is 18.9 Å². The summed E-state index contributed by atoms with van der Waals surface area (Å²) in [6, 6.07) is 8.32. The number of anilines is 2. The second-order valence-electron chi connectivity index (χ2n) is 10.2. The van der Waals surface area contributed by atoms with E-state index < -0.39 is 0 Å². The second-order valence-corrected chi connectivity index (χ2v) is 10.2. The van der Waals surface area contributed by atoms with Crippen LogP contribution in [-0.2, 0) is 16.0 Å². The molecule has 1 aromatic heterocycles. The predicted octanol–water partition coefficient (Wildman–Crippen LogP) is 1.22. The molecule has 0 unspecified atom stereocenters. The number of hydrogen-bond donors (Lipinski definition) is 3. The van der Waals surface area contributed by atoms with Crippen molar-refractivity contribution in [1.29, 1.82) is 5.41 Å². The number of aliphatic imine (C=N–C) groups is 1. The van der Waals surface area contributed by atoms with Crippen molar-refractivity contribution in [1.82, 2.24) is 24.7 Å². The maximum Gasteiger partial charge on any atom is 0.222 e. The SMILES string of the molecule is COCCN(C)C(=N)/N=C(\C1=CN(c2ccc(CCC(=O)N3CCN(CCO)CC3)cc2)CC1)c1cnc(N)nc1. The van der Waals surface area contributed by atoms with Gasteiger partial charge in [-0.05, 0) is 36.1 Å². The van der Waals surface area contributed by atoms with Crippen LogP contribution in [0.2, 0.25) is 0 Å². The smallest absolute Gasteiger partial charge is 0.222 e. The van der Waals surface area contributed by atoms with E-state index in [-0.39, 0.29) is 24.4 Å². The number of amides is 1. The van der Waals surface area contributed by atoms with E-state index in [1.807, 2.05) is 11.9 Å². The van der Waals surface area contributed by atoms with Crippen molar-refractivity contribution >= 4 is 29.2 Å². The summed E-state index contributed by atoms with van der Waals surface area (Å²) in [5.41, 5.74) is 10.2. The third kappa shape index (κ3) is 8.32. The molecule has 1 amide bonds. The van der Waals surface area contributed by atoms with Gasteiger partial charge in [-0.2, -0.15) is 0 Å². The third-order valence-electron chi connectivity index (χ3n) is 7.43. The van der Waals surface area contributed by atoms with Gasteiger partial charge in [-0.1, -0.05) is 12.1 Å². The largest absolute Gasteiger partial charge is 0.395 e. The van der Waals surface area contributed by atoms with E-state index in [9.17, 15) is 4.79 Å². The van der Waals surface area contributed by atoms with Crippen LogP contribution in [0.25, 0.3) is 0 Å². The minimum Gasteiger partial charge on any atom is -0.395 e. The van der Waals surface area contributed by atoms with Crippen molar-refractivity contribution in [2.45, 2.75) is 19.3 Å². The summed E-state index contributed by atoms with van der Waals surface area (Å²) in [5.74, 6) is 0.491. The number of aryl methyl sites for hydroxylation is 1. The Bertz CT molecular complexity index is 1220. The van der Waals surface area contributed by atoms with Crippen molar-refractivity contribution in [3.8, 4) is 0 Å². The van der Waals surface area contributed by atoms with Crippen LogP contribution < -0.4 is 10.6 Å². The number of aliphatic hydroxyl groups is 1. The van der Waals surface area contributed by atoms with Gasteiger partial charge in [0.1, 0.15) is 0 Å². The van der Waals surface area contributed by atoms with Crippen molar-refractivity contribution < 1.29 is 14.6 Å². The lowest BCUT2D eigenvalue weighted by Gasteiger charge is -2.34. The lowest BCUT2D eigenvalue weighted by Crippen LogP contribution is -2.49. The summed E-state index contributed by atoms with van der Waals surface area (Å²) in [6.07, 6.45) is 7.27. The summed E-state index contributed by atoms with van der Waals surface area (Å²) < 4.78 is 5.14. The highest BCUT2D eigenvalue weighted by Crippen LogP contribution is 2.26. The van der Waals surface area contributed by atoms with E-state index in [2.05, 4.69) is 55.2 Å². The summed E-state index contributed by atoms with van der Waals surface area (Å²) in [6.45, 7) is 5.72. The topological polar surface area (TPSA) is 148 Å². The van der Waals surface area contributed by atoms with Gasteiger partial charge in [0.25, 0.3) is 0 Å². The number of nitrogens with zero attached hydrogens (tertiary/aromatic N) is 7. The fourth-order valence-corrected chi connectivity index (χ4v) is 4.87. The highest BCUT2D eigenvalue weighted by atomic mass is 16.5. The maximum atomic E-state index is 12.7. The average Bonchev–Trinajstić information content (AvgIpc) is 3.48. The van der Waals surface area contributed by atoms with Gasteiger partial charge in [-0.25, -0.2) is 15.0 Å². The Balaban J connectivity index is 1.40. The van der Waals surface area contributed by atoms with Crippen molar-refractivity contribution in [2.75, 3.05) is 83.8 Å². The normalized spacial score (nSPS) is 16.2. The molecule has 0 radical (unpaired) electrons. The number of nitrogen functional groups attached to an aromatic ring is 1. The molecule has 2 aliphatic rings. The minimum absolute atomic E-state index is 0.124. The van der Waals surface area contributed by atoms with Gasteiger partial charge in [0, 0.05) is 96.2 Å². The number of ether oxygens (including phenoxy) is 1. The molecule has 0 saturated carbocycles. The Hall–Kier alpha value is -3.87. The van der Waals surface area contributed by atoms with Gasteiger partial charge in [-0.15, -0.1) is 0 Å². The molecule has 1 fully saturated rings. The molecule has 1 aromatic carbocycles. The molecule has 0 bridgehead atoms. The third-order valence-corrected chi connectivity index (χ3v) is 7.43. The van der Waals surface area contributed by atoms with Gasteiger partial charge >= 0.3 is 0 Å². The molecule has 220 valence electrons. The van der Waals surface area contributed by atoms with Gasteiger partial charge in [-0.3, -0.25) is 15.1 Å². The number of aromatic nitrogens is 2. The summed E-state index contributed by atoms with van der Waals surface area (Å²) in [7, 11) is 3.44.